The minimum absolute atomic E-state index is 0.105. The van der Waals surface area contributed by atoms with Crippen LogP contribution in [0.3, 0.4) is 0 Å². The van der Waals surface area contributed by atoms with E-state index in [0.717, 1.165) is 0 Å². The molecule has 9 heteroatoms. The van der Waals surface area contributed by atoms with Gasteiger partial charge in [0.15, 0.2) is 4.67 Å². The molecule has 3 heterocycles. The second kappa shape index (κ2) is 7.86. The zero-order valence-corrected chi connectivity index (χ0v) is 16.4. The van der Waals surface area contributed by atoms with Crippen molar-refractivity contribution in [3.05, 3.63) is 46.2 Å². The van der Waals surface area contributed by atoms with Crippen molar-refractivity contribution in [1.82, 2.24) is 9.62 Å². The number of hydrogen-bond acceptors (Lipinski definition) is 5. The lowest BCUT2D eigenvalue weighted by Crippen LogP contribution is -2.46. The monoisotopic (exact) mass is 444 g/mol. The lowest BCUT2D eigenvalue weighted by atomic mass is 10.1. The summed E-state index contributed by atoms with van der Waals surface area (Å²) < 4.78 is 33.4. The second-order valence-electron chi connectivity index (χ2n) is 5.63. The van der Waals surface area contributed by atoms with Crippen LogP contribution < -0.4 is 4.72 Å². The van der Waals surface area contributed by atoms with Crippen LogP contribution in [0.2, 0.25) is 0 Å². The molecule has 2 aromatic heterocycles. The van der Waals surface area contributed by atoms with Crippen molar-refractivity contribution < 1.29 is 17.6 Å². The molecule has 2 aromatic rings. The summed E-state index contributed by atoms with van der Waals surface area (Å²) >= 11 is 4.40. The minimum Gasteiger partial charge on any atom is -0.450 e. The number of furan rings is 1. The topological polar surface area (TPSA) is 79.6 Å². The van der Waals surface area contributed by atoms with Crippen molar-refractivity contribution in [3.63, 3.8) is 0 Å². The molecule has 1 aliphatic heterocycles. The highest BCUT2D eigenvalue weighted by Gasteiger charge is 2.26. The fourth-order valence-electron chi connectivity index (χ4n) is 2.59. The molecule has 6 nitrogen and oxygen atoms in total. The molecule has 0 atom stereocenters. The summed E-state index contributed by atoms with van der Waals surface area (Å²) in [6.07, 6.45) is 4.28. The van der Waals surface area contributed by atoms with Crippen LogP contribution in [0.1, 0.15) is 18.6 Å². The van der Waals surface area contributed by atoms with Gasteiger partial charge in [-0.15, -0.1) is 11.3 Å². The van der Waals surface area contributed by atoms with E-state index < -0.39 is 10.0 Å². The number of nitrogens with zero attached hydrogens (tertiary/aromatic N) is 1. The first-order valence-electron chi connectivity index (χ1n) is 7.72. The summed E-state index contributed by atoms with van der Waals surface area (Å²) in [5, 5.41) is 1.74. The quantitative estimate of drug-likeness (QED) is 0.718. The maximum absolute atomic E-state index is 12.2. The second-order valence-corrected chi connectivity index (χ2v) is 9.30. The van der Waals surface area contributed by atoms with Gasteiger partial charge in [-0.3, -0.25) is 4.79 Å². The fraction of sp³-hybridized carbons (Fsp3) is 0.312. The standard InChI is InChI=1S/C16H17BrN2O4S2/c17-14-5-3-13(23-14)4-6-15(20)19-9-7-12(8-10-19)18-25(21,22)16-2-1-11-24-16/h1-6,11-12,18H,7-10H2. The van der Waals surface area contributed by atoms with E-state index in [1.54, 1.807) is 40.6 Å². The number of piperidine rings is 1. The molecule has 25 heavy (non-hydrogen) atoms. The van der Waals surface area contributed by atoms with Gasteiger partial charge in [-0.05, 0) is 58.4 Å². The summed E-state index contributed by atoms with van der Waals surface area (Å²) in [7, 11) is -3.46. The maximum atomic E-state index is 12.2. The zero-order chi connectivity index (χ0) is 17.9. The Morgan fingerprint density at radius 2 is 2.08 bits per heavy atom. The van der Waals surface area contributed by atoms with Crippen molar-refractivity contribution in [1.29, 1.82) is 0 Å². The molecular formula is C16H17BrN2O4S2. The summed E-state index contributed by atoms with van der Waals surface area (Å²) in [5.74, 6) is 0.492. The lowest BCUT2D eigenvalue weighted by molar-refractivity contribution is -0.126. The Morgan fingerprint density at radius 1 is 1.32 bits per heavy atom. The van der Waals surface area contributed by atoms with Gasteiger partial charge in [0, 0.05) is 25.2 Å². The number of rotatable bonds is 5. The highest BCUT2D eigenvalue weighted by atomic mass is 79.9. The molecule has 0 bridgehead atoms. The third kappa shape index (κ3) is 4.81. The van der Waals surface area contributed by atoms with Crippen LogP contribution in [0.4, 0.5) is 0 Å². The minimum atomic E-state index is -3.46. The molecule has 0 saturated carbocycles. The Labute approximate surface area is 158 Å². The molecule has 1 N–H and O–H groups in total. The lowest BCUT2D eigenvalue weighted by Gasteiger charge is -2.31. The third-order valence-electron chi connectivity index (χ3n) is 3.87. The van der Waals surface area contributed by atoms with Crippen LogP contribution in [0.15, 0.2) is 49.0 Å². The van der Waals surface area contributed by atoms with Crippen molar-refractivity contribution in [2.24, 2.45) is 0 Å². The van der Waals surface area contributed by atoms with Gasteiger partial charge in [0.05, 0.1) is 0 Å². The predicted molar refractivity (Wildman–Crippen MR) is 99.7 cm³/mol. The molecular weight excluding hydrogens is 428 g/mol. The molecule has 0 spiro atoms. The molecule has 134 valence electrons. The van der Waals surface area contributed by atoms with Gasteiger partial charge >= 0.3 is 0 Å². The van der Waals surface area contributed by atoms with Crippen LogP contribution in [0.5, 0.6) is 0 Å². The van der Waals surface area contributed by atoms with Gasteiger partial charge in [0.1, 0.15) is 9.97 Å². The Morgan fingerprint density at radius 3 is 2.68 bits per heavy atom. The summed E-state index contributed by atoms with van der Waals surface area (Å²) in [4.78, 5) is 13.9. The summed E-state index contributed by atoms with van der Waals surface area (Å²) in [6, 6.07) is 6.67. The number of thiophene rings is 1. The molecule has 3 rings (SSSR count). The molecule has 1 fully saturated rings. The van der Waals surface area contributed by atoms with Gasteiger partial charge in [-0.25, -0.2) is 13.1 Å². The van der Waals surface area contributed by atoms with Gasteiger partial charge in [-0.2, -0.15) is 0 Å². The van der Waals surface area contributed by atoms with E-state index in [1.165, 1.54) is 17.4 Å². The Bertz CT molecular complexity index is 851. The van der Waals surface area contributed by atoms with Crippen molar-refractivity contribution in [2.45, 2.75) is 23.1 Å². The largest absolute Gasteiger partial charge is 0.450 e. The summed E-state index contributed by atoms with van der Waals surface area (Å²) in [5.41, 5.74) is 0. The number of amides is 1. The van der Waals surface area contributed by atoms with Crippen molar-refractivity contribution in [2.75, 3.05) is 13.1 Å². The average molecular weight is 445 g/mol. The molecule has 1 saturated heterocycles. The third-order valence-corrected chi connectivity index (χ3v) is 7.22. The molecule has 0 unspecified atom stereocenters. The van der Waals surface area contributed by atoms with E-state index in [9.17, 15) is 13.2 Å². The first kappa shape index (κ1) is 18.4. The molecule has 0 aromatic carbocycles. The number of carbonyl (C=O) groups is 1. The molecule has 1 aliphatic rings. The van der Waals surface area contributed by atoms with Crippen LogP contribution in [0.25, 0.3) is 6.08 Å². The molecule has 1 amide bonds. The number of nitrogens with one attached hydrogen (secondary N) is 1. The fourth-order valence-corrected chi connectivity index (χ4v) is 5.22. The highest BCUT2D eigenvalue weighted by molar-refractivity contribution is 9.10. The Balaban J connectivity index is 1.51. The van der Waals surface area contributed by atoms with Crippen LogP contribution in [0, 0.1) is 0 Å². The van der Waals surface area contributed by atoms with Crippen molar-refractivity contribution in [3.8, 4) is 0 Å². The number of hydrogen-bond donors (Lipinski definition) is 1. The van der Waals surface area contributed by atoms with E-state index in [2.05, 4.69) is 20.7 Å². The van der Waals surface area contributed by atoms with E-state index in [1.807, 2.05) is 0 Å². The average Bonchev–Trinajstić information content (AvgIpc) is 3.25. The van der Waals surface area contributed by atoms with E-state index in [-0.39, 0.29) is 11.9 Å². The number of carbonyl (C=O) groups excluding carboxylic acids is 1. The predicted octanol–water partition coefficient (Wildman–Crippen LogP) is 3.09. The van der Waals surface area contributed by atoms with Crippen LogP contribution >= 0.6 is 27.3 Å². The Hall–Kier alpha value is -1.42. The number of likely N-dealkylation sites (tertiary alicyclic amines) is 1. The number of halogens is 1. The SMILES string of the molecule is O=C(C=Cc1ccc(Br)o1)N1CCC(NS(=O)(=O)c2cccs2)CC1. The van der Waals surface area contributed by atoms with Crippen LogP contribution in [-0.4, -0.2) is 38.4 Å². The summed E-state index contributed by atoms with van der Waals surface area (Å²) in [6.45, 7) is 1.03. The van der Waals surface area contributed by atoms with E-state index in [4.69, 9.17) is 4.42 Å². The zero-order valence-electron chi connectivity index (χ0n) is 13.2. The van der Waals surface area contributed by atoms with Crippen molar-refractivity contribution >= 4 is 49.3 Å². The maximum Gasteiger partial charge on any atom is 0.250 e. The van der Waals surface area contributed by atoms with E-state index >= 15 is 0 Å². The number of sulfonamides is 1. The highest BCUT2D eigenvalue weighted by Crippen LogP contribution is 2.19. The van der Waals surface area contributed by atoms with Gasteiger partial charge < -0.3 is 9.32 Å². The van der Waals surface area contributed by atoms with Gasteiger partial charge in [0.2, 0.25) is 15.9 Å². The smallest absolute Gasteiger partial charge is 0.250 e. The normalized spacial score (nSPS) is 16.6. The molecule has 0 aliphatic carbocycles. The van der Waals surface area contributed by atoms with Crippen LogP contribution in [-0.2, 0) is 14.8 Å². The van der Waals surface area contributed by atoms with Gasteiger partial charge in [0.25, 0.3) is 0 Å². The molecule has 0 radical (unpaired) electrons. The first-order chi connectivity index (χ1) is 11.9. The first-order valence-corrected chi connectivity index (χ1v) is 10.9. The van der Waals surface area contributed by atoms with E-state index in [0.29, 0.717) is 40.6 Å². The van der Waals surface area contributed by atoms with Gasteiger partial charge in [-0.1, -0.05) is 6.07 Å². The Kier molecular flexibility index (Phi) is 5.78.